The molecule has 0 spiro atoms. The summed E-state index contributed by atoms with van der Waals surface area (Å²) in [6.07, 6.45) is 4.12. The maximum atomic E-state index is 5.79. The molecule has 126 valence electrons. The number of ether oxygens (including phenoxy) is 2. The molecule has 0 unspecified atom stereocenters. The molecule has 4 rings (SSSR count). The first kappa shape index (κ1) is 15.3. The van der Waals surface area contributed by atoms with Gasteiger partial charge in [-0.1, -0.05) is 18.2 Å². The number of rotatable bonds is 4. The first-order chi connectivity index (χ1) is 11.9. The van der Waals surface area contributed by atoms with Crippen molar-refractivity contribution in [3.8, 4) is 11.5 Å². The van der Waals surface area contributed by atoms with Crippen molar-refractivity contribution >= 4 is 5.82 Å². The number of aromatic nitrogens is 1. The average molecular weight is 325 g/mol. The summed E-state index contributed by atoms with van der Waals surface area (Å²) in [6.45, 7) is 4.17. The molecule has 2 aromatic rings. The zero-order chi connectivity index (χ0) is 16.2. The Morgan fingerprint density at radius 3 is 2.75 bits per heavy atom. The summed E-state index contributed by atoms with van der Waals surface area (Å²) in [5, 5.41) is 3.68. The summed E-state index contributed by atoms with van der Waals surface area (Å²) < 4.78 is 11.4. The number of benzene rings is 1. The number of hydrogen-bond acceptors (Lipinski definition) is 5. The molecule has 0 saturated carbocycles. The molecular formula is C19H23N3O2. The zero-order valence-electron chi connectivity index (χ0n) is 13.8. The molecule has 1 aromatic carbocycles. The quantitative estimate of drug-likeness (QED) is 0.936. The average Bonchev–Trinajstić information content (AvgIpc) is 2.67. The third-order valence-electron chi connectivity index (χ3n) is 4.70. The van der Waals surface area contributed by atoms with Crippen LogP contribution in [0.5, 0.6) is 11.5 Å². The van der Waals surface area contributed by atoms with Crippen LogP contribution < -0.4 is 19.7 Å². The van der Waals surface area contributed by atoms with Gasteiger partial charge in [-0.05, 0) is 31.0 Å². The van der Waals surface area contributed by atoms with Gasteiger partial charge in [0.1, 0.15) is 19.0 Å². The molecule has 0 bridgehead atoms. The summed E-state index contributed by atoms with van der Waals surface area (Å²) in [7, 11) is 0. The van der Waals surface area contributed by atoms with Gasteiger partial charge in [0, 0.05) is 37.4 Å². The topological polar surface area (TPSA) is 46.6 Å². The lowest BCUT2D eigenvalue weighted by Crippen LogP contribution is -2.42. The van der Waals surface area contributed by atoms with Crippen molar-refractivity contribution in [3.63, 3.8) is 0 Å². The van der Waals surface area contributed by atoms with Crippen molar-refractivity contribution in [1.29, 1.82) is 0 Å². The van der Waals surface area contributed by atoms with Crippen LogP contribution in [0.2, 0.25) is 0 Å². The highest BCUT2D eigenvalue weighted by molar-refractivity contribution is 5.47. The Balaban J connectivity index is 1.32. The molecule has 0 radical (unpaired) electrons. The van der Waals surface area contributed by atoms with E-state index in [1.807, 2.05) is 30.5 Å². The van der Waals surface area contributed by atoms with Crippen molar-refractivity contribution in [1.82, 2.24) is 10.3 Å². The van der Waals surface area contributed by atoms with E-state index < -0.39 is 0 Å². The second-order valence-electron chi connectivity index (χ2n) is 6.27. The Bertz CT molecular complexity index is 670. The third kappa shape index (κ3) is 3.31. The molecule has 2 aliphatic heterocycles. The predicted octanol–water partition coefficient (Wildman–Crippen LogP) is 2.61. The third-order valence-corrected chi connectivity index (χ3v) is 4.70. The Labute approximate surface area is 142 Å². The fraction of sp³-hybridized carbons (Fsp3) is 0.421. The zero-order valence-corrected chi connectivity index (χ0v) is 13.8. The minimum absolute atomic E-state index is 0.533. The van der Waals surface area contributed by atoms with Crippen molar-refractivity contribution in [2.24, 2.45) is 0 Å². The summed E-state index contributed by atoms with van der Waals surface area (Å²) in [4.78, 5) is 6.80. The van der Waals surface area contributed by atoms with Crippen LogP contribution in [0.4, 0.5) is 5.82 Å². The maximum Gasteiger partial charge on any atom is 0.165 e. The van der Waals surface area contributed by atoms with Crippen molar-refractivity contribution in [2.45, 2.75) is 25.4 Å². The van der Waals surface area contributed by atoms with Crippen LogP contribution in [-0.2, 0) is 6.54 Å². The molecule has 0 atom stereocenters. The SMILES string of the molecule is c1ccc(N2CCC(NCc3cccc4c3OCCO4)CC2)nc1. The van der Waals surface area contributed by atoms with Gasteiger partial charge in [0.05, 0.1) is 0 Å². The van der Waals surface area contributed by atoms with Gasteiger partial charge in [-0.15, -0.1) is 0 Å². The molecule has 24 heavy (non-hydrogen) atoms. The lowest BCUT2D eigenvalue weighted by Gasteiger charge is -2.33. The monoisotopic (exact) mass is 325 g/mol. The molecule has 3 heterocycles. The lowest BCUT2D eigenvalue weighted by atomic mass is 10.0. The molecule has 1 fully saturated rings. The van der Waals surface area contributed by atoms with Crippen LogP contribution >= 0.6 is 0 Å². The highest BCUT2D eigenvalue weighted by Crippen LogP contribution is 2.33. The Hall–Kier alpha value is -2.27. The van der Waals surface area contributed by atoms with Gasteiger partial charge in [-0.2, -0.15) is 0 Å². The van der Waals surface area contributed by atoms with Crippen LogP contribution in [0, 0.1) is 0 Å². The molecule has 5 heteroatoms. The number of nitrogens with zero attached hydrogens (tertiary/aromatic N) is 2. The largest absolute Gasteiger partial charge is 0.486 e. The van der Waals surface area contributed by atoms with Crippen LogP contribution in [-0.4, -0.2) is 37.3 Å². The van der Waals surface area contributed by atoms with Gasteiger partial charge in [0.2, 0.25) is 0 Å². The first-order valence-electron chi connectivity index (χ1n) is 8.67. The van der Waals surface area contributed by atoms with Crippen molar-refractivity contribution in [2.75, 3.05) is 31.2 Å². The second kappa shape index (κ2) is 7.09. The Morgan fingerprint density at radius 2 is 1.92 bits per heavy atom. The van der Waals surface area contributed by atoms with Crippen LogP contribution in [0.25, 0.3) is 0 Å². The van der Waals surface area contributed by atoms with Crippen LogP contribution in [0.15, 0.2) is 42.6 Å². The van der Waals surface area contributed by atoms with Crippen LogP contribution in [0.3, 0.4) is 0 Å². The van der Waals surface area contributed by atoms with E-state index in [2.05, 4.69) is 27.3 Å². The molecule has 2 aliphatic rings. The number of fused-ring (bicyclic) bond motifs is 1. The number of anilines is 1. The minimum Gasteiger partial charge on any atom is -0.486 e. The molecule has 0 aliphatic carbocycles. The van der Waals surface area contributed by atoms with E-state index in [1.165, 1.54) is 5.56 Å². The summed E-state index contributed by atoms with van der Waals surface area (Å²) >= 11 is 0. The van der Waals surface area contributed by atoms with E-state index >= 15 is 0 Å². The normalized spacial score (nSPS) is 17.8. The van der Waals surface area contributed by atoms with Gasteiger partial charge < -0.3 is 19.7 Å². The van der Waals surface area contributed by atoms with E-state index in [9.17, 15) is 0 Å². The highest BCUT2D eigenvalue weighted by Gasteiger charge is 2.21. The standard InChI is InChI=1S/C19H23N3O2/c1-2-9-20-18(6-1)22-10-7-16(8-11-22)21-14-15-4-3-5-17-19(15)24-13-12-23-17/h1-6,9,16,21H,7-8,10-14H2. The van der Waals surface area contributed by atoms with Gasteiger partial charge >= 0.3 is 0 Å². The number of piperidine rings is 1. The van der Waals surface area contributed by atoms with E-state index in [1.54, 1.807) is 0 Å². The molecule has 0 amide bonds. The lowest BCUT2D eigenvalue weighted by molar-refractivity contribution is 0.169. The van der Waals surface area contributed by atoms with Crippen molar-refractivity contribution in [3.05, 3.63) is 48.2 Å². The smallest absolute Gasteiger partial charge is 0.165 e. The van der Waals surface area contributed by atoms with Gasteiger partial charge in [0.25, 0.3) is 0 Å². The molecule has 5 nitrogen and oxygen atoms in total. The van der Waals surface area contributed by atoms with E-state index in [-0.39, 0.29) is 0 Å². The van der Waals surface area contributed by atoms with Gasteiger partial charge in [-0.25, -0.2) is 4.98 Å². The number of para-hydroxylation sites is 1. The molecule has 1 N–H and O–H groups in total. The maximum absolute atomic E-state index is 5.79. The van der Waals surface area contributed by atoms with Gasteiger partial charge in [-0.3, -0.25) is 0 Å². The second-order valence-corrected chi connectivity index (χ2v) is 6.27. The van der Waals surface area contributed by atoms with Crippen molar-refractivity contribution < 1.29 is 9.47 Å². The number of hydrogen-bond donors (Lipinski definition) is 1. The van der Waals surface area contributed by atoms with E-state index in [0.29, 0.717) is 19.3 Å². The van der Waals surface area contributed by atoms with Gasteiger partial charge in [0.15, 0.2) is 11.5 Å². The Morgan fingerprint density at radius 1 is 1.04 bits per heavy atom. The van der Waals surface area contributed by atoms with E-state index in [0.717, 1.165) is 49.8 Å². The highest BCUT2D eigenvalue weighted by atomic mass is 16.6. The predicted molar refractivity (Wildman–Crippen MR) is 93.7 cm³/mol. The first-order valence-corrected chi connectivity index (χ1v) is 8.67. The summed E-state index contributed by atoms with van der Waals surface area (Å²) in [5.74, 6) is 2.85. The molecule has 1 aromatic heterocycles. The molecule has 1 saturated heterocycles. The van der Waals surface area contributed by atoms with E-state index in [4.69, 9.17) is 9.47 Å². The molecular weight excluding hydrogens is 302 g/mol. The Kier molecular flexibility index (Phi) is 4.51. The summed E-state index contributed by atoms with van der Waals surface area (Å²) in [5.41, 5.74) is 1.18. The number of nitrogens with one attached hydrogen (secondary N) is 1. The van der Waals surface area contributed by atoms with Crippen LogP contribution in [0.1, 0.15) is 18.4 Å². The minimum atomic E-state index is 0.533. The fourth-order valence-corrected chi connectivity index (χ4v) is 3.38. The fourth-order valence-electron chi connectivity index (χ4n) is 3.38. The summed E-state index contributed by atoms with van der Waals surface area (Å²) in [6, 6.07) is 12.8. The number of pyridine rings is 1.